The normalized spacial score (nSPS) is 9.79. The van der Waals surface area contributed by atoms with Crippen LogP contribution < -0.4 is 10.8 Å². The highest BCUT2D eigenvalue weighted by Crippen LogP contribution is 1.98. The minimum absolute atomic E-state index is 0.177. The second kappa shape index (κ2) is 6.12. The molecule has 76 valence electrons. The van der Waals surface area contributed by atoms with Gasteiger partial charge in [0.1, 0.15) is 0 Å². The van der Waals surface area contributed by atoms with Crippen LogP contribution in [-0.2, 0) is 16.2 Å². The zero-order valence-electron chi connectivity index (χ0n) is 8.12. The fraction of sp³-hybridized carbons (Fsp3) is 0.300. The van der Waals surface area contributed by atoms with Crippen LogP contribution >= 0.6 is 0 Å². The molecule has 2 N–H and O–H groups in total. The Morgan fingerprint density at radius 1 is 1.36 bits per heavy atom. The fourth-order valence-corrected chi connectivity index (χ4v) is 0.971. The van der Waals surface area contributed by atoms with E-state index in [1.165, 1.54) is 0 Å². The molecule has 0 atom stereocenters. The van der Waals surface area contributed by atoms with E-state index < -0.39 is 0 Å². The summed E-state index contributed by atoms with van der Waals surface area (Å²) >= 11 is 0. The third-order valence-corrected chi connectivity index (χ3v) is 1.60. The van der Waals surface area contributed by atoms with E-state index in [1.54, 1.807) is 7.05 Å². The second-order valence-electron chi connectivity index (χ2n) is 2.83. The van der Waals surface area contributed by atoms with Gasteiger partial charge in [-0.2, -0.15) is 0 Å². The molecule has 0 saturated carbocycles. The smallest absolute Gasteiger partial charge is 0.257 e. The van der Waals surface area contributed by atoms with Crippen LogP contribution in [0.5, 0.6) is 0 Å². The molecule has 1 amide bonds. The van der Waals surface area contributed by atoms with Crippen molar-refractivity contribution in [3.8, 4) is 0 Å². The first-order valence-electron chi connectivity index (χ1n) is 4.42. The Kier molecular flexibility index (Phi) is 4.68. The van der Waals surface area contributed by atoms with E-state index in [0.717, 1.165) is 5.56 Å². The third-order valence-electron chi connectivity index (χ3n) is 1.60. The summed E-state index contributed by atoms with van der Waals surface area (Å²) in [7, 11) is 1.71. The summed E-state index contributed by atoms with van der Waals surface area (Å²) in [5, 5.41) is 2.72. The molecular weight excluding hydrogens is 180 g/mol. The number of amides is 1. The molecule has 0 aliphatic rings. The molecule has 0 aliphatic heterocycles. The maximum absolute atomic E-state index is 10.9. The van der Waals surface area contributed by atoms with Crippen molar-refractivity contribution in [1.82, 2.24) is 10.8 Å². The Morgan fingerprint density at radius 3 is 2.71 bits per heavy atom. The van der Waals surface area contributed by atoms with Crippen LogP contribution in [0, 0.1) is 0 Å². The standard InChI is InChI=1S/C10H14N2O2/c1-11-7-10(13)12-14-8-9-5-3-2-4-6-9/h2-6,11H,7-8H2,1H3,(H,12,13). The Labute approximate surface area is 83.2 Å². The number of benzene rings is 1. The molecule has 1 aromatic carbocycles. The van der Waals surface area contributed by atoms with Gasteiger partial charge in [-0.15, -0.1) is 0 Å². The lowest BCUT2D eigenvalue weighted by Crippen LogP contribution is -2.32. The zero-order valence-corrected chi connectivity index (χ0v) is 8.12. The van der Waals surface area contributed by atoms with Gasteiger partial charge in [-0.3, -0.25) is 9.63 Å². The van der Waals surface area contributed by atoms with Gasteiger partial charge in [0.05, 0.1) is 13.2 Å². The Balaban J connectivity index is 2.19. The summed E-state index contributed by atoms with van der Waals surface area (Å²) in [5.41, 5.74) is 3.36. The number of nitrogens with one attached hydrogen (secondary N) is 2. The molecule has 0 heterocycles. The van der Waals surface area contributed by atoms with E-state index >= 15 is 0 Å². The van der Waals surface area contributed by atoms with Gasteiger partial charge in [-0.05, 0) is 12.6 Å². The van der Waals surface area contributed by atoms with Crippen molar-refractivity contribution < 1.29 is 9.63 Å². The predicted octanol–water partition coefficient (Wildman–Crippen LogP) is 0.454. The number of carbonyl (C=O) groups is 1. The molecule has 1 rings (SSSR count). The summed E-state index contributed by atoms with van der Waals surface area (Å²) in [6.45, 7) is 0.644. The summed E-state index contributed by atoms with van der Waals surface area (Å²) in [4.78, 5) is 15.9. The average molecular weight is 194 g/mol. The zero-order chi connectivity index (χ0) is 10.2. The lowest BCUT2D eigenvalue weighted by molar-refractivity contribution is -0.133. The van der Waals surface area contributed by atoms with Gasteiger partial charge < -0.3 is 5.32 Å². The molecule has 0 radical (unpaired) electrons. The fourth-order valence-electron chi connectivity index (χ4n) is 0.971. The Morgan fingerprint density at radius 2 is 2.07 bits per heavy atom. The van der Waals surface area contributed by atoms with E-state index in [9.17, 15) is 4.79 Å². The highest BCUT2D eigenvalue weighted by atomic mass is 16.6. The summed E-state index contributed by atoms with van der Waals surface area (Å²) < 4.78 is 0. The van der Waals surface area contributed by atoms with Crippen molar-refractivity contribution in [2.45, 2.75) is 6.61 Å². The van der Waals surface area contributed by atoms with Gasteiger partial charge in [0, 0.05) is 0 Å². The number of rotatable bonds is 5. The molecule has 0 fully saturated rings. The van der Waals surface area contributed by atoms with Gasteiger partial charge in [-0.1, -0.05) is 30.3 Å². The van der Waals surface area contributed by atoms with Crippen LogP contribution in [0.1, 0.15) is 5.56 Å². The van der Waals surface area contributed by atoms with Gasteiger partial charge >= 0.3 is 0 Å². The van der Waals surface area contributed by atoms with Crippen LogP contribution in [0.25, 0.3) is 0 Å². The molecule has 4 heteroatoms. The SMILES string of the molecule is CNCC(=O)NOCc1ccccc1. The Hall–Kier alpha value is -1.39. The molecule has 0 aromatic heterocycles. The first-order chi connectivity index (χ1) is 6.83. The van der Waals surface area contributed by atoms with Crippen LogP contribution in [0.2, 0.25) is 0 Å². The topological polar surface area (TPSA) is 50.4 Å². The molecule has 0 spiro atoms. The van der Waals surface area contributed by atoms with Crippen molar-refractivity contribution in [3.05, 3.63) is 35.9 Å². The van der Waals surface area contributed by atoms with Gasteiger partial charge in [0.15, 0.2) is 0 Å². The van der Waals surface area contributed by atoms with Crippen molar-refractivity contribution in [2.24, 2.45) is 0 Å². The van der Waals surface area contributed by atoms with Crippen molar-refractivity contribution >= 4 is 5.91 Å². The molecule has 4 nitrogen and oxygen atoms in total. The van der Waals surface area contributed by atoms with E-state index in [4.69, 9.17) is 4.84 Å². The highest BCUT2D eigenvalue weighted by molar-refractivity contribution is 5.76. The number of hydrogen-bond donors (Lipinski definition) is 2. The van der Waals surface area contributed by atoms with Crippen molar-refractivity contribution in [1.29, 1.82) is 0 Å². The third kappa shape index (κ3) is 4.02. The second-order valence-corrected chi connectivity index (χ2v) is 2.83. The number of hydroxylamine groups is 1. The van der Waals surface area contributed by atoms with Crippen LogP contribution in [-0.4, -0.2) is 19.5 Å². The first-order valence-corrected chi connectivity index (χ1v) is 4.42. The quantitative estimate of drug-likeness (QED) is 0.669. The average Bonchev–Trinajstić information content (AvgIpc) is 2.20. The van der Waals surface area contributed by atoms with Crippen LogP contribution in [0.4, 0.5) is 0 Å². The van der Waals surface area contributed by atoms with Gasteiger partial charge in [0.2, 0.25) is 0 Å². The lowest BCUT2D eigenvalue weighted by Gasteiger charge is -2.04. The summed E-state index contributed by atoms with van der Waals surface area (Å²) in [6, 6.07) is 9.65. The molecular formula is C10H14N2O2. The summed E-state index contributed by atoms with van der Waals surface area (Å²) in [5.74, 6) is -0.177. The van der Waals surface area contributed by atoms with Crippen LogP contribution in [0.3, 0.4) is 0 Å². The highest BCUT2D eigenvalue weighted by Gasteiger charge is 1.97. The molecule has 14 heavy (non-hydrogen) atoms. The number of carbonyl (C=O) groups excluding carboxylic acids is 1. The van der Waals surface area contributed by atoms with Crippen LogP contribution in [0.15, 0.2) is 30.3 Å². The predicted molar refractivity (Wildman–Crippen MR) is 53.3 cm³/mol. The maximum Gasteiger partial charge on any atom is 0.257 e. The largest absolute Gasteiger partial charge is 0.311 e. The number of hydrogen-bond acceptors (Lipinski definition) is 3. The monoisotopic (exact) mass is 194 g/mol. The van der Waals surface area contributed by atoms with Crippen molar-refractivity contribution in [3.63, 3.8) is 0 Å². The van der Waals surface area contributed by atoms with E-state index in [2.05, 4.69) is 10.8 Å². The van der Waals surface area contributed by atoms with Crippen molar-refractivity contribution in [2.75, 3.05) is 13.6 Å². The Bertz CT molecular complexity index is 275. The molecule has 1 aromatic rings. The van der Waals surface area contributed by atoms with E-state index in [1.807, 2.05) is 30.3 Å². The van der Waals surface area contributed by atoms with E-state index in [0.29, 0.717) is 6.61 Å². The van der Waals surface area contributed by atoms with Gasteiger partial charge in [-0.25, -0.2) is 5.48 Å². The molecule has 0 saturated heterocycles. The first kappa shape index (κ1) is 10.7. The molecule has 0 bridgehead atoms. The minimum atomic E-state index is -0.177. The van der Waals surface area contributed by atoms with E-state index in [-0.39, 0.29) is 12.5 Å². The number of likely N-dealkylation sites (N-methyl/N-ethyl adjacent to an activating group) is 1. The van der Waals surface area contributed by atoms with Gasteiger partial charge in [0.25, 0.3) is 5.91 Å². The minimum Gasteiger partial charge on any atom is -0.311 e. The lowest BCUT2D eigenvalue weighted by atomic mass is 10.2. The maximum atomic E-state index is 10.9. The molecule has 0 aliphatic carbocycles. The molecule has 0 unspecified atom stereocenters. The summed E-state index contributed by atoms with van der Waals surface area (Å²) in [6.07, 6.45) is 0.